The minimum absolute atomic E-state index is 0.0362. The zero-order valence-electron chi connectivity index (χ0n) is 10.4. The Morgan fingerprint density at radius 3 is 2.80 bits per heavy atom. The lowest BCUT2D eigenvalue weighted by molar-refractivity contribution is 0.580. The molecule has 0 unspecified atom stereocenters. The third kappa shape index (κ3) is 3.26. The molecule has 5 nitrogen and oxygen atoms in total. The zero-order valence-corrected chi connectivity index (χ0v) is 12.7. The van der Waals surface area contributed by atoms with Crippen LogP contribution in [0.1, 0.15) is 10.7 Å². The van der Waals surface area contributed by atoms with Gasteiger partial charge in [-0.05, 0) is 19.1 Å². The number of sulfonamides is 1. The van der Waals surface area contributed by atoms with E-state index >= 15 is 0 Å². The summed E-state index contributed by atoms with van der Waals surface area (Å²) in [6.07, 6.45) is 0. The maximum Gasteiger partial charge on any atom is 0.242 e. The van der Waals surface area contributed by atoms with Gasteiger partial charge in [0.25, 0.3) is 0 Å². The first kappa shape index (κ1) is 15.2. The van der Waals surface area contributed by atoms with Gasteiger partial charge in [-0.15, -0.1) is 11.3 Å². The number of nitrogens with zero attached hydrogens (tertiary/aromatic N) is 1. The first-order valence-corrected chi connectivity index (χ1v) is 8.19. The number of aromatic nitrogens is 1. The molecule has 1 heterocycles. The fourth-order valence-corrected chi connectivity index (χ4v) is 3.81. The maximum absolute atomic E-state index is 13.2. The number of aryl methyl sites for hydroxylation is 1. The molecule has 0 bridgehead atoms. The second-order valence-corrected chi connectivity index (χ2v) is 7.10. The molecular weight excluding hydrogens is 325 g/mol. The molecule has 0 radical (unpaired) electrons. The number of nitrogens with one attached hydrogen (secondary N) is 1. The molecule has 2 aromatic rings. The summed E-state index contributed by atoms with van der Waals surface area (Å²) in [6, 6.07) is 1.87. The molecule has 0 amide bonds. The smallest absolute Gasteiger partial charge is 0.242 e. The highest BCUT2D eigenvalue weighted by atomic mass is 35.5. The summed E-state index contributed by atoms with van der Waals surface area (Å²) in [5, 5.41) is 2.21. The molecular formula is C11H11ClFN3O2S2. The molecule has 1 aromatic heterocycles. The van der Waals surface area contributed by atoms with Crippen LogP contribution in [-0.2, 0) is 16.6 Å². The largest absolute Gasteiger partial charge is 0.396 e. The van der Waals surface area contributed by atoms with E-state index in [0.29, 0.717) is 5.01 Å². The van der Waals surface area contributed by atoms with Crippen LogP contribution in [0.2, 0.25) is 5.02 Å². The van der Waals surface area contributed by atoms with Crippen LogP contribution in [0.4, 0.5) is 10.1 Å². The standard InChI is InChI=1S/C11H11ClFN3O2S2/c1-6-5-19-11(16-6)4-15-20(17,18)10-3-9(14)8(13)2-7(10)12/h2-3,5,15H,4,14H2,1H3. The number of benzene rings is 1. The number of hydrogen-bond acceptors (Lipinski definition) is 5. The number of hydrogen-bond donors (Lipinski definition) is 2. The highest BCUT2D eigenvalue weighted by Crippen LogP contribution is 2.26. The predicted octanol–water partition coefficient (Wildman–Crippen LogP) is 2.30. The van der Waals surface area contributed by atoms with Gasteiger partial charge in [0.2, 0.25) is 10.0 Å². The van der Waals surface area contributed by atoms with Crippen LogP contribution in [0.25, 0.3) is 0 Å². The SMILES string of the molecule is Cc1csc(CNS(=O)(=O)c2cc(N)c(F)cc2Cl)n1. The van der Waals surface area contributed by atoms with Crippen molar-refractivity contribution in [2.45, 2.75) is 18.4 Å². The minimum Gasteiger partial charge on any atom is -0.396 e. The monoisotopic (exact) mass is 335 g/mol. The van der Waals surface area contributed by atoms with Crippen molar-refractivity contribution in [3.05, 3.63) is 39.1 Å². The number of nitrogens with two attached hydrogens (primary N) is 1. The van der Waals surface area contributed by atoms with E-state index in [9.17, 15) is 12.8 Å². The van der Waals surface area contributed by atoms with E-state index in [1.165, 1.54) is 11.3 Å². The van der Waals surface area contributed by atoms with Crippen molar-refractivity contribution in [1.29, 1.82) is 0 Å². The summed E-state index contributed by atoms with van der Waals surface area (Å²) in [6.45, 7) is 1.85. The van der Waals surface area contributed by atoms with Gasteiger partial charge in [-0.2, -0.15) is 0 Å². The second-order valence-electron chi connectivity index (χ2n) is 4.01. The molecule has 0 saturated heterocycles. The summed E-state index contributed by atoms with van der Waals surface area (Å²) < 4.78 is 39.7. The van der Waals surface area contributed by atoms with E-state index in [4.69, 9.17) is 17.3 Å². The summed E-state index contributed by atoms with van der Waals surface area (Å²) >= 11 is 7.08. The zero-order chi connectivity index (χ0) is 14.9. The van der Waals surface area contributed by atoms with E-state index in [1.807, 2.05) is 12.3 Å². The van der Waals surface area contributed by atoms with Gasteiger partial charge in [0.1, 0.15) is 15.7 Å². The Kier molecular flexibility index (Phi) is 4.28. The van der Waals surface area contributed by atoms with Gasteiger partial charge in [-0.25, -0.2) is 22.5 Å². The van der Waals surface area contributed by atoms with Crippen LogP contribution >= 0.6 is 22.9 Å². The van der Waals surface area contributed by atoms with Crippen LogP contribution in [0.3, 0.4) is 0 Å². The van der Waals surface area contributed by atoms with Gasteiger partial charge in [0.15, 0.2) is 0 Å². The van der Waals surface area contributed by atoms with Crippen molar-refractivity contribution in [2.24, 2.45) is 0 Å². The van der Waals surface area contributed by atoms with E-state index in [1.54, 1.807) is 0 Å². The number of nitrogen functional groups attached to an aromatic ring is 1. The van der Waals surface area contributed by atoms with Gasteiger partial charge >= 0.3 is 0 Å². The fourth-order valence-electron chi connectivity index (χ4n) is 1.47. The average Bonchev–Trinajstić information content (AvgIpc) is 2.77. The van der Waals surface area contributed by atoms with Gasteiger partial charge in [0.05, 0.1) is 17.3 Å². The second kappa shape index (κ2) is 5.65. The Labute approximate surface area is 124 Å². The fraction of sp³-hybridized carbons (Fsp3) is 0.182. The van der Waals surface area contributed by atoms with Crippen LogP contribution in [0, 0.1) is 12.7 Å². The van der Waals surface area contributed by atoms with E-state index < -0.39 is 15.8 Å². The minimum atomic E-state index is -3.88. The van der Waals surface area contributed by atoms with Gasteiger partial charge in [-0.1, -0.05) is 11.6 Å². The summed E-state index contributed by atoms with van der Waals surface area (Å²) in [4.78, 5) is 3.88. The Morgan fingerprint density at radius 1 is 1.50 bits per heavy atom. The van der Waals surface area contributed by atoms with Crippen molar-refractivity contribution in [1.82, 2.24) is 9.71 Å². The first-order chi connectivity index (χ1) is 9.29. The summed E-state index contributed by atoms with van der Waals surface area (Å²) in [5.41, 5.74) is 5.90. The van der Waals surface area contributed by atoms with E-state index in [-0.39, 0.29) is 22.2 Å². The average molecular weight is 336 g/mol. The van der Waals surface area contributed by atoms with E-state index in [0.717, 1.165) is 17.8 Å². The van der Waals surface area contributed by atoms with Gasteiger partial charge in [-0.3, -0.25) is 0 Å². The normalized spacial score (nSPS) is 11.8. The molecule has 0 aliphatic rings. The van der Waals surface area contributed by atoms with Crippen molar-refractivity contribution >= 4 is 38.6 Å². The molecule has 0 aliphatic carbocycles. The lowest BCUT2D eigenvalue weighted by Crippen LogP contribution is -2.23. The van der Waals surface area contributed by atoms with Crippen LogP contribution < -0.4 is 10.5 Å². The third-order valence-corrected chi connectivity index (χ3v) is 5.25. The Bertz CT molecular complexity index is 746. The molecule has 1 aromatic carbocycles. The summed E-state index contributed by atoms with van der Waals surface area (Å²) in [7, 11) is -3.88. The first-order valence-electron chi connectivity index (χ1n) is 5.45. The van der Waals surface area contributed by atoms with E-state index in [2.05, 4.69) is 9.71 Å². The molecule has 0 spiro atoms. The molecule has 0 fully saturated rings. The summed E-state index contributed by atoms with van der Waals surface area (Å²) in [5.74, 6) is -0.760. The lowest BCUT2D eigenvalue weighted by atomic mass is 10.3. The molecule has 2 rings (SSSR count). The molecule has 20 heavy (non-hydrogen) atoms. The maximum atomic E-state index is 13.2. The van der Waals surface area contributed by atoms with Crippen molar-refractivity contribution in [3.63, 3.8) is 0 Å². The van der Waals surface area contributed by atoms with Crippen molar-refractivity contribution < 1.29 is 12.8 Å². The van der Waals surface area contributed by atoms with Crippen LogP contribution in [-0.4, -0.2) is 13.4 Å². The highest BCUT2D eigenvalue weighted by Gasteiger charge is 2.20. The highest BCUT2D eigenvalue weighted by molar-refractivity contribution is 7.89. The Hall–Kier alpha value is -1.22. The van der Waals surface area contributed by atoms with Crippen molar-refractivity contribution in [3.8, 4) is 0 Å². The van der Waals surface area contributed by atoms with Gasteiger partial charge in [0, 0.05) is 11.1 Å². The molecule has 3 N–H and O–H groups in total. The predicted molar refractivity (Wildman–Crippen MR) is 76.7 cm³/mol. The molecule has 0 atom stereocenters. The van der Waals surface area contributed by atoms with Crippen LogP contribution in [0.15, 0.2) is 22.4 Å². The topological polar surface area (TPSA) is 85.1 Å². The van der Waals surface area contributed by atoms with Crippen LogP contribution in [0.5, 0.6) is 0 Å². The number of rotatable bonds is 4. The molecule has 108 valence electrons. The number of halogens is 2. The van der Waals surface area contributed by atoms with Crippen molar-refractivity contribution in [2.75, 3.05) is 5.73 Å². The Morgan fingerprint density at radius 2 is 2.20 bits per heavy atom. The molecule has 9 heteroatoms. The molecule has 0 aliphatic heterocycles. The lowest BCUT2D eigenvalue weighted by Gasteiger charge is -2.08. The number of thiazole rings is 1. The van der Waals surface area contributed by atoms with Gasteiger partial charge < -0.3 is 5.73 Å². The molecule has 0 saturated carbocycles. The quantitative estimate of drug-likeness (QED) is 0.840. The third-order valence-electron chi connectivity index (χ3n) is 2.42. The Balaban J connectivity index is 2.24. The number of anilines is 1.